The first-order valence-electron chi connectivity index (χ1n) is 10.0. The number of ether oxygens (including phenoxy) is 1. The summed E-state index contributed by atoms with van der Waals surface area (Å²) in [5.41, 5.74) is 0.973. The molecule has 1 aromatic heterocycles. The van der Waals surface area contributed by atoms with Gasteiger partial charge in [0, 0.05) is 51.9 Å². The van der Waals surface area contributed by atoms with Crippen molar-refractivity contribution in [1.29, 1.82) is 0 Å². The van der Waals surface area contributed by atoms with Crippen LogP contribution >= 0.6 is 0 Å². The third-order valence-electron chi connectivity index (χ3n) is 5.56. The van der Waals surface area contributed by atoms with E-state index in [-0.39, 0.29) is 5.82 Å². The van der Waals surface area contributed by atoms with Crippen LogP contribution in [-0.4, -0.2) is 61.2 Å². The van der Waals surface area contributed by atoms with Gasteiger partial charge in [0.25, 0.3) is 0 Å². The molecule has 0 spiro atoms. The number of halogens is 1. The Kier molecular flexibility index (Phi) is 5.62. The number of hydrogen-bond acceptors (Lipinski definition) is 6. The number of aromatic nitrogens is 2. The van der Waals surface area contributed by atoms with Crippen LogP contribution in [0.15, 0.2) is 24.3 Å². The molecule has 0 aliphatic carbocycles. The smallest absolute Gasteiger partial charge is 0.165 e. The number of piperazine rings is 1. The second kappa shape index (κ2) is 8.31. The fourth-order valence-electron chi connectivity index (χ4n) is 4.01. The lowest BCUT2D eigenvalue weighted by molar-refractivity contribution is 0.249. The number of aryl methyl sites for hydroxylation is 1. The Bertz CT molecular complexity index is 816. The maximum Gasteiger partial charge on any atom is 0.165 e. The summed E-state index contributed by atoms with van der Waals surface area (Å²) in [5, 5.41) is 0. The zero-order valence-electron chi connectivity index (χ0n) is 16.7. The summed E-state index contributed by atoms with van der Waals surface area (Å²) in [6.45, 7) is 8.56. The summed E-state index contributed by atoms with van der Waals surface area (Å²) in [5.74, 6) is 2.89. The van der Waals surface area contributed by atoms with Gasteiger partial charge in [-0.05, 0) is 37.5 Å². The standard InChI is InChI=1S/C21H28FN5O/c1-16-23-20(26-7-3-4-8-26)14-21(24-16)27-11-9-25(10-12-27)15-17-5-6-19(28-2)18(22)13-17/h5-6,13-14H,3-4,7-12,15H2,1-2H3. The normalized spacial score (nSPS) is 18.0. The van der Waals surface area contributed by atoms with Gasteiger partial charge in [0.05, 0.1) is 7.11 Å². The van der Waals surface area contributed by atoms with E-state index in [0.717, 1.165) is 68.8 Å². The third kappa shape index (κ3) is 4.19. The SMILES string of the molecule is COc1ccc(CN2CCN(c3cc(N4CCCC4)nc(C)n3)CC2)cc1F. The molecule has 0 amide bonds. The quantitative estimate of drug-likeness (QED) is 0.789. The van der Waals surface area contributed by atoms with Crippen molar-refractivity contribution in [2.45, 2.75) is 26.3 Å². The Balaban J connectivity index is 1.38. The predicted molar refractivity (Wildman–Crippen MR) is 109 cm³/mol. The Morgan fingerprint density at radius 2 is 1.57 bits per heavy atom. The fraction of sp³-hybridized carbons (Fsp3) is 0.524. The maximum absolute atomic E-state index is 13.9. The first-order valence-corrected chi connectivity index (χ1v) is 10.0. The van der Waals surface area contributed by atoms with Crippen LogP contribution in [0.25, 0.3) is 0 Å². The van der Waals surface area contributed by atoms with Crippen LogP contribution in [0.3, 0.4) is 0 Å². The summed E-state index contributed by atoms with van der Waals surface area (Å²) in [7, 11) is 1.49. The Morgan fingerprint density at radius 1 is 0.929 bits per heavy atom. The number of nitrogens with zero attached hydrogens (tertiary/aromatic N) is 5. The molecule has 150 valence electrons. The number of methoxy groups -OCH3 is 1. The van der Waals surface area contributed by atoms with E-state index >= 15 is 0 Å². The van der Waals surface area contributed by atoms with Gasteiger partial charge in [-0.2, -0.15) is 0 Å². The van der Waals surface area contributed by atoms with E-state index in [9.17, 15) is 4.39 Å². The van der Waals surface area contributed by atoms with Crippen molar-refractivity contribution in [3.63, 3.8) is 0 Å². The fourth-order valence-corrected chi connectivity index (χ4v) is 4.01. The molecule has 7 heteroatoms. The molecule has 1 aromatic carbocycles. The minimum absolute atomic E-state index is 0.293. The lowest BCUT2D eigenvalue weighted by Gasteiger charge is -2.35. The second-order valence-corrected chi connectivity index (χ2v) is 7.56. The molecule has 2 aliphatic rings. The van der Waals surface area contributed by atoms with Crippen LogP contribution in [0.1, 0.15) is 24.2 Å². The summed E-state index contributed by atoms with van der Waals surface area (Å²) < 4.78 is 18.9. The van der Waals surface area contributed by atoms with Gasteiger partial charge in [-0.1, -0.05) is 6.07 Å². The first-order chi connectivity index (χ1) is 13.6. The van der Waals surface area contributed by atoms with Crippen LogP contribution in [0.2, 0.25) is 0 Å². The lowest BCUT2D eigenvalue weighted by atomic mass is 10.2. The monoisotopic (exact) mass is 385 g/mol. The van der Waals surface area contributed by atoms with E-state index in [1.54, 1.807) is 12.1 Å². The highest BCUT2D eigenvalue weighted by molar-refractivity contribution is 5.51. The molecule has 28 heavy (non-hydrogen) atoms. The molecule has 2 aromatic rings. The Hall–Kier alpha value is -2.41. The minimum Gasteiger partial charge on any atom is -0.494 e. The molecular formula is C21H28FN5O. The third-order valence-corrected chi connectivity index (χ3v) is 5.56. The summed E-state index contributed by atoms with van der Waals surface area (Å²) in [4.78, 5) is 16.4. The molecule has 0 N–H and O–H groups in total. The highest BCUT2D eigenvalue weighted by atomic mass is 19.1. The average Bonchev–Trinajstić information content (AvgIpc) is 3.23. The van der Waals surface area contributed by atoms with Gasteiger partial charge in [-0.25, -0.2) is 14.4 Å². The van der Waals surface area contributed by atoms with Crippen molar-refractivity contribution < 1.29 is 9.13 Å². The summed E-state index contributed by atoms with van der Waals surface area (Å²) in [6, 6.07) is 7.34. The Morgan fingerprint density at radius 3 is 2.18 bits per heavy atom. The lowest BCUT2D eigenvalue weighted by Crippen LogP contribution is -2.46. The average molecular weight is 385 g/mol. The van der Waals surface area contributed by atoms with E-state index in [1.807, 2.05) is 13.0 Å². The minimum atomic E-state index is -0.301. The van der Waals surface area contributed by atoms with Crippen molar-refractivity contribution in [1.82, 2.24) is 14.9 Å². The second-order valence-electron chi connectivity index (χ2n) is 7.56. The van der Waals surface area contributed by atoms with Gasteiger partial charge in [0.15, 0.2) is 11.6 Å². The maximum atomic E-state index is 13.9. The molecule has 0 unspecified atom stereocenters. The molecule has 3 heterocycles. The number of anilines is 2. The van der Waals surface area contributed by atoms with Crippen LogP contribution < -0.4 is 14.5 Å². The predicted octanol–water partition coefficient (Wildman–Crippen LogP) is 2.86. The number of hydrogen-bond donors (Lipinski definition) is 0. The number of benzene rings is 1. The summed E-state index contributed by atoms with van der Waals surface area (Å²) >= 11 is 0. The molecule has 0 atom stereocenters. The summed E-state index contributed by atoms with van der Waals surface area (Å²) in [6.07, 6.45) is 2.48. The largest absolute Gasteiger partial charge is 0.494 e. The van der Waals surface area contributed by atoms with Crippen molar-refractivity contribution in [2.24, 2.45) is 0 Å². The van der Waals surface area contributed by atoms with E-state index < -0.39 is 0 Å². The zero-order chi connectivity index (χ0) is 19.5. The molecular weight excluding hydrogens is 357 g/mol. The topological polar surface area (TPSA) is 44.7 Å². The first kappa shape index (κ1) is 18.9. The molecule has 2 fully saturated rings. The highest BCUT2D eigenvalue weighted by Gasteiger charge is 2.21. The van der Waals surface area contributed by atoms with E-state index in [1.165, 1.54) is 20.0 Å². The van der Waals surface area contributed by atoms with Crippen LogP contribution in [0, 0.1) is 12.7 Å². The molecule has 0 saturated carbocycles. The van der Waals surface area contributed by atoms with Gasteiger partial charge in [0.1, 0.15) is 17.5 Å². The van der Waals surface area contributed by atoms with Crippen LogP contribution in [-0.2, 0) is 6.54 Å². The van der Waals surface area contributed by atoms with E-state index in [4.69, 9.17) is 4.74 Å². The molecule has 2 saturated heterocycles. The van der Waals surface area contributed by atoms with Gasteiger partial charge in [-0.15, -0.1) is 0 Å². The van der Waals surface area contributed by atoms with Gasteiger partial charge >= 0.3 is 0 Å². The number of rotatable bonds is 5. The van der Waals surface area contributed by atoms with Crippen molar-refractivity contribution in [3.05, 3.63) is 41.5 Å². The Labute approximate surface area is 165 Å². The van der Waals surface area contributed by atoms with Crippen molar-refractivity contribution >= 4 is 11.6 Å². The molecule has 6 nitrogen and oxygen atoms in total. The van der Waals surface area contributed by atoms with Crippen molar-refractivity contribution in [2.75, 3.05) is 56.2 Å². The van der Waals surface area contributed by atoms with Gasteiger partial charge in [0.2, 0.25) is 0 Å². The zero-order valence-corrected chi connectivity index (χ0v) is 16.7. The van der Waals surface area contributed by atoms with Crippen molar-refractivity contribution in [3.8, 4) is 5.75 Å². The molecule has 0 bridgehead atoms. The van der Waals surface area contributed by atoms with Gasteiger partial charge < -0.3 is 14.5 Å². The van der Waals surface area contributed by atoms with E-state index in [0.29, 0.717) is 5.75 Å². The molecule has 0 radical (unpaired) electrons. The molecule has 4 rings (SSSR count). The van der Waals surface area contributed by atoms with Crippen LogP contribution in [0.5, 0.6) is 5.75 Å². The van der Waals surface area contributed by atoms with E-state index in [2.05, 4.69) is 30.7 Å². The molecule has 2 aliphatic heterocycles. The highest BCUT2D eigenvalue weighted by Crippen LogP contribution is 2.24. The van der Waals surface area contributed by atoms with Crippen LogP contribution in [0.4, 0.5) is 16.0 Å². The van der Waals surface area contributed by atoms with Gasteiger partial charge in [-0.3, -0.25) is 4.90 Å².